The van der Waals surface area contributed by atoms with Gasteiger partial charge in [-0.15, -0.1) is 0 Å². The number of urea groups is 1. The van der Waals surface area contributed by atoms with Gasteiger partial charge in [0.25, 0.3) is 0 Å². The molecule has 0 spiro atoms. The van der Waals surface area contributed by atoms with Crippen molar-refractivity contribution in [3.05, 3.63) is 0 Å². The third-order valence-electron chi connectivity index (χ3n) is 2.81. The first-order valence-corrected chi connectivity index (χ1v) is 6.36. The summed E-state index contributed by atoms with van der Waals surface area (Å²) in [6.07, 6.45) is 2.21. The molecule has 0 aromatic carbocycles. The molecule has 1 heterocycles. The highest BCUT2D eigenvalue weighted by atomic mass is 16.5. The molecule has 6 heteroatoms. The number of hydrogen-bond donors (Lipinski definition) is 3. The van der Waals surface area contributed by atoms with E-state index in [0.717, 1.165) is 19.4 Å². The van der Waals surface area contributed by atoms with Crippen LogP contribution in [0.25, 0.3) is 0 Å². The zero-order valence-electron chi connectivity index (χ0n) is 10.9. The molecule has 0 aromatic rings. The van der Waals surface area contributed by atoms with Gasteiger partial charge < -0.3 is 20.5 Å². The van der Waals surface area contributed by atoms with E-state index in [9.17, 15) is 9.59 Å². The molecule has 1 rings (SSSR count). The van der Waals surface area contributed by atoms with Gasteiger partial charge in [0.1, 0.15) is 6.04 Å². The molecule has 104 valence electrons. The molecule has 6 nitrogen and oxygen atoms in total. The largest absolute Gasteiger partial charge is 0.480 e. The molecular formula is C12H22N2O4. The molecule has 0 aromatic heterocycles. The minimum atomic E-state index is -1.00. The van der Waals surface area contributed by atoms with E-state index in [-0.39, 0.29) is 12.0 Å². The van der Waals surface area contributed by atoms with Crippen LogP contribution in [0, 0.1) is 5.92 Å². The molecule has 0 aliphatic carbocycles. The molecule has 2 atom stereocenters. The number of nitrogens with one attached hydrogen (secondary N) is 2. The van der Waals surface area contributed by atoms with E-state index in [1.165, 1.54) is 0 Å². The number of rotatable bonds is 5. The lowest BCUT2D eigenvalue weighted by Gasteiger charge is -2.24. The van der Waals surface area contributed by atoms with Gasteiger partial charge in [0.15, 0.2) is 0 Å². The van der Waals surface area contributed by atoms with E-state index >= 15 is 0 Å². The maximum Gasteiger partial charge on any atom is 0.326 e. The summed E-state index contributed by atoms with van der Waals surface area (Å²) >= 11 is 0. The van der Waals surface area contributed by atoms with Crippen LogP contribution in [0.5, 0.6) is 0 Å². The molecule has 1 aliphatic rings. The van der Waals surface area contributed by atoms with E-state index in [0.29, 0.717) is 13.0 Å². The summed E-state index contributed by atoms with van der Waals surface area (Å²) in [5, 5.41) is 14.2. The van der Waals surface area contributed by atoms with Gasteiger partial charge >= 0.3 is 12.0 Å². The van der Waals surface area contributed by atoms with E-state index in [2.05, 4.69) is 10.6 Å². The predicted molar refractivity (Wildman–Crippen MR) is 66.4 cm³/mol. The van der Waals surface area contributed by atoms with Crippen molar-refractivity contribution in [1.29, 1.82) is 0 Å². The van der Waals surface area contributed by atoms with Crippen molar-refractivity contribution < 1.29 is 19.4 Å². The van der Waals surface area contributed by atoms with Gasteiger partial charge in [-0.05, 0) is 25.2 Å². The fraction of sp³-hybridized carbons (Fsp3) is 0.833. The van der Waals surface area contributed by atoms with E-state index < -0.39 is 18.0 Å². The third kappa shape index (κ3) is 5.35. The Balaban J connectivity index is 2.37. The Morgan fingerprint density at radius 3 is 2.67 bits per heavy atom. The van der Waals surface area contributed by atoms with Crippen molar-refractivity contribution in [2.24, 2.45) is 5.92 Å². The molecule has 18 heavy (non-hydrogen) atoms. The molecule has 0 bridgehead atoms. The Bertz CT molecular complexity index is 288. The average molecular weight is 258 g/mol. The van der Waals surface area contributed by atoms with Crippen LogP contribution >= 0.6 is 0 Å². The number of carbonyl (C=O) groups excluding carboxylic acids is 1. The lowest BCUT2D eigenvalue weighted by Crippen LogP contribution is -2.51. The van der Waals surface area contributed by atoms with Crippen LogP contribution in [0.2, 0.25) is 0 Å². The Morgan fingerprint density at radius 2 is 2.17 bits per heavy atom. The maximum atomic E-state index is 11.7. The van der Waals surface area contributed by atoms with Crippen LogP contribution in [-0.2, 0) is 9.53 Å². The molecule has 3 N–H and O–H groups in total. The summed E-state index contributed by atoms with van der Waals surface area (Å²) in [7, 11) is 0. The van der Waals surface area contributed by atoms with Gasteiger partial charge in [0, 0.05) is 6.61 Å². The van der Waals surface area contributed by atoms with Crippen LogP contribution in [0.1, 0.15) is 33.1 Å². The second-order valence-electron chi connectivity index (χ2n) is 5.05. The average Bonchev–Trinajstić information content (AvgIpc) is 2.28. The van der Waals surface area contributed by atoms with Gasteiger partial charge in [-0.25, -0.2) is 9.59 Å². The smallest absolute Gasteiger partial charge is 0.326 e. The summed E-state index contributed by atoms with van der Waals surface area (Å²) in [5.41, 5.74) is 0. The van der Waals surface area contributed by atoms with Gasteiger partial charge in [0.05, 0.1) is 12.6 Å². The van der Waals surface area contributed by atoms with Crippen LogP contribution < -0.4 is 10.6 Å². The summed E-state index contributed by atoms with van der Waals surface area (Å²) in [4.78, 5) is 22.7. The van der Waals surface area contributed by atoms with Crippen molar-refractivity contribution in [1.82, 2.24) is 10.6 Å². The zero-order valence-corrected chi connectivity index (χ0v) is 10.9. The first kappa shape index (κ1) is 14.8. The number of carbonyl (C=O) groups is 2. The quantitative estimate of drug-likeness (QED) is 0.685. The number of carboxylic acid groups (broad SMARTS) is 1. The third-order valence-corrected chi connectivity index (χ3v) is 2.81. The highest BCUT2D eigenvalue weighted by Crippen LogP contribution is 2.07. The van der Waals surface area contributed by atoms with Crippen molar-refractivity contribution in [3.63, 3.8) is 0 Å². The topological polar surface area (TPSA) is 87.7 Å². The van der Waals surface area contributed by atoms with Crippen molar-refractivity contribution in [2.45, 2.75) is 45.2 Å². The molecule has 0 radical (unpaired) electrons. The number of amides is 2. The van der Waals surface area contributed by atoms with Crippen molar-refractivity contribution in [3.8, 4) is 0 Å². The van der Waals surface area contributed by atoms with Crippen LogP contribution in [0.3, 0.4) is 0 Å². The van der Waals surface area contributed by atoms with Gasteiger partial charge in [-0.3, -0.25) is 0 Å². The number of carboxylic acids is 1. The molecule has 1 saturated heterocycles. The molecule has 1 fully saturated rings. The van der Waals surface area contributed by atoms with E-state index in [1.54, 1.807) is 0 Å². The molecule has 1 unspecified atom stereocenters. The standard InChI is InChI=1S/C12H22N2O4/c1-8(2)6-10(11(15)16)14-12(17)13-9-4-3-5-18-7-9/h8-10H,3-7H2,1-2H3,(H,15,16)(H2,13,14,17)/t9?,10-/m0/s1. The minimum Gasteiger partial charge on any atom is -0.480 e. The monoisotopic (exact) mass is 258 g/mol. The first-order chi connectivity index (χ1) is 8.49. The van der Waals surface area contributed by atoms with Gasteiger partial charge in [-0.2, -0.15) is 0 Å². The molecule has 0 saturated carbocycles. The number of aliphatic carboxylic acids is 1. The van der Waals surface area contributed by atoms with Gasteiger partial charge in [0.2, 0.25) is 0 Å². The maximum absolute atomic E-state index is 11.7. The summed E-state index contributed by atoms with van der Waals surface area (Å²) in [5.74, 6) is -0.789. The summed E-state index contributed by atoms with van der Waals surface area (Å²) in [6, 6.07) is -1.29. The SMILES string of the molecule is CC(C)C[C@H](NC(=O)NC1CCCOC1)C(=O)O. The molecular weight excluding hydrogens is 236 g/mol. The second kappa shape index (κ2) is 7.20. The number of hydrogen-bond acceptors (Lipinski definition) is 3. The molecule has 2 amide bonds. The van der Waals surface area contributed by atoms with Crippen LogP contribution in [0.15, 0.2) is 0 Å². The minimum absolute atomic E-state index is 0.0211. The Kier molecular flexibility index (Phi) is 5.91. The fourth-order valence-corrected chi connectivity index (χ4v) is 1.93. The summed E-state index contributed by atoms with van der Waals surface area (Å²) < 4.78 is 5.24. The van der Waals surface area contributed by atoms with Crippen LogP contribution in [-0.4, -0.2) is 42.4 Å². The normalized spacial score (nSPS) is 21.4. The molecule has 1 aliphatic heterocycles. The van der Waals surface area contributed by atoms with Crippen LogP contribution in [0.4, 0.5) is 4.79 Å². The fourth-order valence-electron chi connectivity index (χ4n) is 1.93. The van der Waals surface area contributed by atoms with E-state index in [1.807, 2.05) is 13.8 Å². The summed E-state index contributed by atoms with van der Waals surface area (Å²) in [6.45, 7) is 5.06. The lowest BCUT2D eigenvalue weighted by molar-refractivity contribution is -0.139. The Labute approximate surface area is 107 Å². The second-order valence-corrected chi connectivity index (χ2v) is 5.05. The zero-order chi connectivity index (χ0) is 13.5. The first-order valence-electron chi connectivity index (χ1n) is 6.36. The van der Waals surface area contributed by atoms with Gasteiger partial charge in [-0.1, -0.05) is 13.8 Å². The number of ether oxygens (including phenoxy) is 1. The predicted octanol–water partition coefficient (Wildman–Crippen LogP) is 0.964. The Hall–Kier alpha value is -1.30. The highest BCUT2D eigenvalue weighted by molar-refractivity contribution is 5.82. The van der Waals surface area contributed by atoms with E-state index in [4.69, 9.17) is 9.84 Å². The van der Waals surface area contributed by atoms with Crippen molar-refractivity contribution in [2.75, 3.05) is 13.2 Å². The van der Waals surface area contributed by atoms with Crippen molar-refractivity contribution >= 4 is 12.0 Å². The Morgan fingerprint density at radius 1 is 1.44 bits per heavy atom. The highest BCUT2D eigenvalue weighted by Gasteiger charge is 2.23. The lowest BCUT2D eigenvalue weighted by atomic mass is 10.0.